The van der Waals surface area contributed by atoms with Gasteiger partial charge in [0, 0.05) is 23.8 Å². The van der Waals surface area contributed by atoms with Crippen LogP contribution in [0.3, 0.4) is 0 Å². The summed E-state index contributed by atoms with van der Waals surface area (Å²) in [6.07, 6.45) is -5.06. The number of benzene rings is 1. The molecule has 0 saturated carbocycles. The molecule has 0 aliphatic carbocycles. The predicted molar refractivity (Wildman–Crippen MR) is 120 cm³/mol. The number of carboxylic acids is 1. The monoisotopic (exact) mass is 519 g/mol. The lowest BCUT2D eigenvalue weighted by Crippen LogP contribution is -2.26. The van der Waals surface area contributed by atoms with Gasteiger partial charge < -0.3 is 14.8 Å². The van der Waals surface area contributed by atoms with Crippen molar-refractivity contribution in [2.75, 3.05) is 17.9 Å². The maximum absolute atomic E-state index is 13.0. The molecule has 0 spiro atoms. The largest absolute Gasteiger partial charge is 0.573 e. The maximum atomic E-state index is 13.0. The number of sulfonamides is 1. The fraction of sp³-hybridized carbons (Fsp3) is 0.263. The van der Waals surface area contributed by atoms with Crippen LogP contribution in [0.1, 0.15) is 12.1 Å². The van der Waals surface area contributed by atoms with Crippen LogP contribution in [0.5, 0.6) is 5.75 Å². The third kappa shape index (κ3) is 4.96. The van der Waals surface area contributed by atoms with Gasteiger partial charge in [0.25, 0.3) is 10.0 Å². The highest BCUT2D eigenvalue weighted by Crippen LogP contribution is 2.38. The van der Waals surface area contributed by atoms with Crippen molar-refractivity contribution in [3.05, 3.63) is 41.4 Å². The molecular weight excluding hydrogens is 503 g/mol. The van der Waals surface area contributed by atoms with Crippen LogP contribution >= 0.6 is 23.1 Å². The second kappa shape index (κ2) is 8.57. The second-order valence-corrected chi connectivity index (χ2v) is 11.5. The summed E-state index contributed by atoms with van der Waals surface area (Å²) < 4.78 is 69.7. The second-order valence-electron chi connectivity index (χ2n) is 7.03. The third-order valence-corrected chi connectivity index (χ3v) is 9.08. The molecule has 1 aliphatic rings. The van der Waals surface area contributed by atoms with E-state index in [-0.39, 0.29) is 39.0 Å². The highest BCUT2D eigenvalue weighted by molar-refractivity contribution is 8.15. The zero-order valence-electron chi connectivity index (χ0n) is 16.8. The van der Waals surface area contributed by atoms with Gasteiger partial charge in [-0.25, -0.2) is 8.42 Å². The molecule has 0 fully saturated rings. The van der Waals surface area contributed by atoms with E-state index >= 15 is 0 Å². The molecule has 176 valence electrons. The van der Waals surface area contributed by atoms with E-state index in [4.69, 9.17) is 5.11 Å². The van der Waals surface area contributed by atoms with Crippen molar-refractivity contribution in [1.82, 2.24) is 4.98 Å². The summed E-state index contributed by atoms with van der Waals surface area (Å²) in [5, 5.41) is 11.1. The van der Waals surface area contributed by atoms with Crippen molar-refractivity contribution in [3.63, 3.8) is 0 Å². The Bertz CT molecular complexity index is 1330. The van der Waals surface area contributed by atoms with Crippen molar-refractivity contribution in [1.29, 1.82) is 0 Å². The van der Waals surface area contributed by atoms with E-state index in [9.17, 15) is 26.4 Å². The molecule has 0 amide bonds. The number of thioether (sulfide) groups is 1. The van der Waals surface area contributed by atoms with Gasteiger partial charge in [-0.2, -0.15) is 0 Å². The number of ether oxygens (including phenoxy) is 1. The molecule has 3 heterocycles. The number of halogens is 3. The number of fused-ring (bicyclic) bond motifs is 1. The van der Waals surface area contributed by atoms with Crippen molar-refractivity contribution in [2.45, 2.75) is 22.2 Å². The number of alkyl halides is 3. The van der Waals surface area contributed by atoms with Crippen LogP contribution < -0.4 is 9.04 Å². The van der Waals surface area contributed by atoms with Gasteiger partial charge in [0.1, 0.15) is 15.0 Å². The van der Waals surface area contributed by atoms with E-state index in [2.05, 4.69) is 14.7 Å². The molecule has 3 aromatic rings. The number of carbonyl (C=O) groups is 1. The van der Waals surface area contributed by atoms with Crippen LogP contribution in [0.4, 0.5) is 18.9 Å². The predicted octanol–water partition coefficient (Wildman–Crippen LogP) is 4.29. The van der Waals surface area contributed by atoms with Crippen LogP contribution in [0.25, 0.3) is 10.9 Å². The average Bonchev–Trinajstić information content (AvgIpc) is 3.45. The summed E-state index contributed by atoms with van der Waals surface area (Å²) in [5.41, 5.74) is 0.666. The van der Waals surface area contributed by atoms with Gasteiger partial charge in [-0.05, 0) is 23.6 Å². The molecule has 4 rings (SSSR count). The lowest BCUT2D eigenvalue weighted by molar-refractivity contribution is -0.274. The number of aromatic amines is 1. The first-order valence-corrected chi connectivity index (χ1v) is 12.5. The SMILES string of the molecule is CN(c1cc(OC(F)(F)F)cc2cc(C3=NCC(CC(=O)O)S3)[nH]c12)S(=O)(=O)c1cccs1. The van der Waals surface area contributed by atoms with E-state index in [0.717, 1.165) is 27.8 Å². The van der Waals surface area contributed by atoms with Crippen LogP contribution in [0.15, 0.2) is 44.9 Å². The summed E-state index contributed by atoms with van der Waals surface area (Å²) in [6, 6.07) is 6.63. The Balaban J connectivity index is 1.78. The van der Waals surface area contributed by atoms with Gasteiger partial charge in [0.2, 0.25) is 0 Å². The van der Waals surface area contributed by atoms with Crippen molar-refractivity contribution < 1.29 is 36.2 Å². The highest BCUT2D eigenvalue weighted by atomic mass is 32.2. The van der Waals surface area contributed by atoms with E-state index < -0.39 is 28.1 Å². The molecule has 2 aromatic heterocycles. The normalized spacial score (nSPS) is 16.7. The number of aliphatic imine (C=N–C) groups is 1. The van der Waals surface area contributed by atoms with Crippen LogP contribution in [-0.4, -0.2) is 54.7 Å². The number of anilines is 1. The molecule has 0 saturated heterocycles. The minimum absolute atomic E-state index is 0.0271. The molecule has 0 bridgehead atoms. The summed E-state index contributed by atoms with van der Waals surface area (Å²) in [4.78, 5) is 18.3. The summed E-state index contributed by atoms with van der Waals surface area (Å²) in [7, 11) is -2.80. The maximum Gasteiger partial charge on any atom is 0.573 e. The van der Waals surface area contributed by atoms with Crippen molar-refractivity contribution >= 4 is 60.7 Å². The molecule has 1 unspecified atom stereocenters. The molecule has 1 aliphatic heterocycles. The Labute approximate surface area is 194 Å². The number of aliphatic carboxylic acids is 1. The number of hydrogen-bond donors (Lipinski definition) is 2. The van der Waals surface area contributed by atoms with E-state index in [0.29, 0.717) is 10.7 Å². The van der Waals surface area contributed by atoms with Gasteiger partial charge in [0.05, 0.1) is 29.9 Å². The standard InChI is InChI=1S/C19H16F3N3O5S3/c1-25(33(28,29)16-3-2-4-31-16)14-7-11(30-19(20,21)22)5-10-6-13(24-17(10)14)18-23-9-12(32-18)8-15(26)27/h2-7,12,24H,8-9H2,1H3,(H,26,27). The first-order valence-electron chi connectivity index (χ1n) is 9.32. The minimum atomic E-state index is -4.97. The summed E-state index contributed by atoms with van der Waals surface area (Å²) in [5.74, 6) is -1.54. The number of aromatic nitrogens is 1. The highest BCUT2D eigenvalue weighted by Gasteiger charge is 2.33. The Morgan fingerprint density at radius 2 is 2.12 bits per heavy atom. The molecule has 8 nitrogen and oxygen atoms in total. The molecule has 33 heavy (non-hydrogen) atoms. The Hall–Kier alpha value is -2.71. The number of nitrogens with one attached hydrogen (secondary N) is 1. The smallest absolute Gasteiger partial charge is 0.481 e. The van der Waals surface area contributed by atoms with Crippen molar-refractivity contribution in [2.24, 2.45) is 4.99 Å². The van der Waals surface area contributed by atoms with Gasteiger partial charge in [-0.15, -0.1) is 24.5 Å². The van der Waals surface area contributed by atoms with E-state index in [1.165, 1.54) is 30.9 Å². The number of thiophene rings is 1. The first kappa shape index (κ1) is 23.4. The number of H-pyrrole nitrogens is 1. The number of carboxylic acid groups (broad SMARTS) is 1. The fourth-order valence-electron chi connectivity index (χ4n) is 3.30. The third-order valence-electron chi connectivity index (χ3n) is 4.71. The fourth-order valence-corrected chi connectivity index (χ4v) is 6.73. The van der Waals surface area contributed by atoms with Crippen LogP contribution in [-0.2, 0) is 14.8 Å². The first-order chi connectivity index (χ1) is 15.4. The van der Waals surface area contributed by atoms with Gasteiger partial charge >= 0.3 is 12.3 Å². The number of rotatable bonds is 7. The van der Waals surface area contributed by atoms with Gasteiger partial charge in [-0.3, -0.25) is 14.1 Å². The van der Waals surface area contributed by atoms with E-state index in [1.807, 2.05) is 0 Å². The molecule has 1 aromatic carbocycles. The Kier molecular flexibility index (Phi) is 6.09. The zero-order chi connectivity index (χ0) is 24.0. The van der Waals surface area contributed by atoms with Crippen LogP contribution in [0.2, 0.25) is 0 Å². The average molecular weight is 520 g/mol. The molecule has 2 N–H and O–H groups in total. The minimum Gasteiger partial charge on any atom is -0.481 e. The Morgan fingerprint density at radius 3 is 2.76 bits per heavy atom. The topological polar surface area (TPSA) is 112 Å². The lowest BCUT2D eigenvalue weighted by Gasteiger charge is -2.20. The summed E-state index contributed by atoms with van der Waals surface area (Å²) >= 11 is 2.22. The van der Waals surface area contributed by atoms with Crippen LogP contribution in [0, 0.1) is 0 Å². The quantitative estimate of drug-likeness (QED) is 0.482. The van der Waals surface area contributed by atoms with Gasteiger partial charge in [-0.1, -0.05) is 17.8 Å². The van der Waals surface area contributed by atoms with E-state index in [1.54, 1.807) is 11.4 Å². The molecule has 1 atom stereocenters. The molecule has 0 radical (unpaired) electrons. The Morgan fingerprint density at radius 1 is 1.36 bits per heavy atom. The summed E-state index contributed by atoms with van der Waals surface area (Å²) in [6.45, 7) is 0.281. The van der Waals surface area contributed by atoms with Crippen molar-refractivity contribution in [3.8, 4) is 5.75 Å². The number of nitrogens with zero attached hydrogens (tertiary/aromatic N) is 2. The number of hydrogen-bond acceptors (Lipinski definition) is 7. The van der Waals surface area contributed by atoms with Gasteiger partial charge in [0.15, 0.2) is 0 Å². The lowest BCUT2D eigenvalue weighted by atomic mass is 10.2. The molecular formula is C19H16F3N3O5S3. The molecule has 14 heteroatoms. The zero-order valence-corrected chi connectivity index (χ0v) is 19.2.